The first-order valence-electron chi connectivity index (χ1n) is 12.1. The minimum Gasteiger partial charge on any atom is -0.495 e. The number of halogens is 1. The topological polar surface area (TPSA) is 105 Å². The van der Waals surface area contributed by atoms with Gasteiger partial charge in [-0.1, -0.05) is 11.6 Å². The van der Waals surface area contributed by atoms with Crippen molar-refractivity contribution in [2.45, 2.75) is 52.2 Å². The molecule has 1 amide bonds. The number of ether oxygens (including phenoxy) is 1. The predicted octanol–water partition coefficient (Wildman–Crippen LogP) is 4.95. The average Bonchev–Trinajstić information content (AvgIpc) is 3.35. The molecule has 0 saturated carbocycles. The van der Waals surface area contributed by atoms with Gasteiger partial charge in [-0.3, -0.25) is 9.48 Å². The van der Waals surface area contributed by atoms with E-state index in [1.165, 1.54) is 6.20 Å². The summed E-state index contributed by atoms with van der Waals surface area (Å²) in [5, 5.41) is 18.4. The van der Waals surface area contributed by atoms with Crippen LogP contribution in [-0.2, 0) is 0 Å². The van der Waals surface area contributed by atoms with Crippen LogP contribution in [0.2, 0.25) is 5.02 Å². The summed E-state index contributed by atoms with van der Waals surface area (Å²) in [5.74, 6) is 0.960. The van der Waals surface area contributed by atoms with Crippen LogP contribution in [0.3, 0.4) is 0 Å². The first kappa shape index (κ1) is 25.9. The molecule has 1 aliphatic heterocycles. The molecule has 1 fully saturated rings. The molecule has 0 spiro atoms. The minimum absolute atomic E-state index is 0.0557. The Balaban J connectivity index is 1.51. The molecule has 9 nitrogen and oxygen atoms in total. The number of aromatic nitrogens is 4. The van der Waals surface area contributed by atoms with Gasteiger partial charge in [0, 0.05) is 30.9 Å². The Bertz CT molecular complexity index is 1230. The first-order chi connectivity index (χ1) is 17.1. The monoisotopic (exact) mass is 512 g/mol. The molecule has 2 aromatic heterocycles. The number of nitrogens with zero attached hydrogens (tertiary/aromatic N) is 5. The highest BCUT2D eigenvalue weighted by molar-refractivity contribution is 6.32. The van der Waals surface area contributed by atoms with Crippen LogP contribution >= 0.6 is 11.6 Å². The maximum atomic E-state index is 13.1. The van der Waals surface area contributed by atoms with E-state index in [2.05, 4.69) is 20.4 Å². The van der Waals surface area contributed by atoms with Crippen LogP contribution in [0.15, 0.2) is 36.7 Å². The van der Waals surface area contributed by atoms with Crippen LogP contribution < -0.4 is 10.1 Å². The number of likely N-dealkylation sites (tertiary alicyclic amines) is 1. The number of hydrogen-bond acceptors (Lipinski definition) is 7. The third-order valence-corrected chi connectivity index (χ3v) is 6.88. The molecule has 1 aliphatic rings. The van der Waals surface area contributed by atoms with E-state index < -0.39 is 5.60 Å². The second-order valence-corrected chi connectivity index (χ2v) is 10.3. The van der Waals surface area contributed by atoms with Crippen molar-refractivity contribution in [2.75, 3.05) is 25.5 Å². The number of carbonyl (C=O) groups excluding carboxylic acids is 1. The number of rotatable bonds is 7. The molecule has 36 heavy (non-hydrogen) atoms. The lowest BCUT2D eigenvalue weighted by atomic mass is 9.83. The summed E-state index contributed by atoms with van der Waals surface area (Å²) in [4.78, 5) is 23.8. The van der Waals surface area contributed by atoms with Crippen LogP contribution in [0, 0.1) is 5.92 Å². The summed E-state index contributed by atoms with van der Waals surface area (Å²) in [5.41, 5.74) is 1.60. The van der Waals surface area contributed by atoms with Crippen LogP contribution in [0.25, 0.3) is 11.4 Å². The molecule has 2 N–H and O–H groups in total. The van der Waals surface area contributed by atoms with Gasteiger partial charge in [-0.2, -0.15) is 5.10 Å². The van der Waals surface area contributed by atoms with Crippen molar-refractivity contribution in [1.29, 1.82) is 0 Å². The van der Waals surface area contributed by atoms with E-state index in [9.17, 15) is 9.90 Å². The van der Waals surface area contributed by atoms with E-state index in [-0.39, 0.29) is 17.9 Å². The van der Waals surface area contributed by atoms with E-state index >= 15 is 0 Å². The van der Waals surface area contributed by atoms with Crippen LogP contribution in [0.4, 0.5) is 11.6 Å². The number of hydrogen-bond donors (Lipinski definition) is 2. The van der Waals surface area contributed by atoms with E-state index in [4.69, 9.17) is 16.3 Å². The fraction of sp³-hybridized carbons (Fsp3) is 0.462. The van der Waals surface area contributed by atoms with E-state index in [1.54, 1.807) is 25.3 Å². The Morgan fingerprint density at radius 3 is 2.58 bits per heavy atom. The number of aliphatic hydroxyl groups is 1. The largest absolute Gasteiger partial charge is 0.495 e. The van der Waals surface area contributed by atoms with E-state index in [0.29, 0.717) is 52.4 Å². The van der Waals surface area contributed by atoms with Gasteiger partial charge in [0.1, 0.15) is 17.1 Å². The van der Waals surface area contributed by atoms with Gasteiger partial charge in [-0.15, -0.1) is 0 Å². The SMILES string of the molecule is COc1cc(C(=O)N2CCC(C(C)(C)O)CC2)ccc1Nc1ncc(Cl)c(-c2ccn(C(C)C)n2)n1. The van der Waals surface area contributed by atoms with Crippen LogP contribution in [0.5, 0.6) is 5.75 Å². The van der Waals surface area contributed by atoms with Crippen molar-refractivity contribution >= 4 is 29.1 Å². The van der Waals surface area contributed by atoms with E-state index in [1.807, 2.05) is 49.5 Å². The molecular formula is C26H33ClN6O3. The van der Waals surface area contributed by atoms with Crippen LogP contribution in [-0.4, -0.2) is 61.5 Å². The van der Waals surface area contributed by atoms with Gasteiger partial charge in [0.2, 0.25) is 5.95 Å². The molecule has 0 bridgehead atoms. The fourth-order valence-corrected chi connectivity index (χ4v) is 4.57. The Morgan fingerprint density at radius 2 is 1.97 bits per heavy atom. The fourth-order valence-electron chi connectivity index (χ4n) is 4.38. The third kappa shape index (κ3) is 5.63. The highest BCUT2D eigenvalue weighted by Crippen LogP contribution is 2.32. The zero-order chi connectivity index (χ0) is 26.0. The van der Waals surface area contributed by atoms with Gasteiger partial charge in [0.25, 0.3) is 5.91 Å². The van der Waals surface area contributed by atoms with Crippen molar-refractivity contribution in [3.05, 3.63) is 47.2 Å². The van der Waals surface area contributed by atoms with Crippen molar-refractivity contribution < 1.29 is 14.6 Å². The highest BCUT2D eigenvalue weighted by atomic mass is 35.5. The second-order valence-electron chi connectivity index (χ2n) is 9.93. The number of benzene rings is 1. The second kappa shape index (κ2) is 10.4. The van der Waals surface area contributed by atoms with Gasteiger partial charge in [0.05, 0.1) is 29.6 Å². The summed E-state index contributed by atoms with van der Waals surface area (Å²) in [6.07, 6.45) is 4.97. The van der Waals surface area contributed by atoms with Gasteiger partial charge >= 0.3 is 0 Å². The van der Waals surface area contributed by atoms with Gasteiger partial charge in [-0.05, 0) is 70.7 Å². The smallest absolute Gasteiger partial charge is 0.253 e. The Kier molecular flexibility index (Phi) is 7.51. The predicted molar refractivity (Wildman–Crippen MR) is 140 cm³/mol. The number of piperidine rings is 1. The molecule has 3 aromatic rings. The minimum atomic E-state index is -0.732. The maximum absolute atomic E-state index is 13.1. The molecule has 3 heterocycles. The lowest BCUT2D eigenvalue weighted by Gasteiger charge is -2.37. The summed E-state index contributed by atoms with van der Waals surface area (Å²) in [6, 6.07) is 7.34. The molecule has 192 valence electrons. The zero-order valence-corrected chi connectivity index (χ0v) is 22.1. The molecule has 4 rings (SSSR count). The molecule has 10 heteroatoms. The quantitative estimate of drug-likeness (QED) is 0.461. The van der Waals surface area contributed by atoms with Crippen molar-refractivity contribution in [3.8, 4) is 17.1 Å². The van der Waals surface area contributed by atoms with Crippen molar-refractivity contribution in [3.63, 3.8) is 0 Å². The Hall–Kier alpha value is -3.17. The molecule has 0 unspecified atom stereocenters. The number of methoxy groups -OCH3 is 1. The molecule has 1 aromatic carbocycles. The highest BCUT2D eigenvalue weighted by Gasteiger charge is 2.32. The lowest BCUT2D eigenvalue weighted by Crippen LogP contribution is -2.44. The number of nitrogens with one attached hydrogen (secondary N) is 1. The molecule has 0 radical (unpaired) electrons. The molecule has 1 saturated heterocycles. The number of amides is 1. The number of carbonyl (C=O) groups is 1. The summed E-state index contributed by atoms with van der Waals surface area (Å²) in [7, 11) is 1.55. The summed E-state index contributed by atoms with van der Waals surface area (Å²) < 4.78 is 7.40. The number of anilines is 2. The molecular weight excluding hydrogens is 480 g/mol. The van der Waals surface area contributed by atoms with Crippen molar-refractivity contribution in [1.82, 2.24) is 24.6 Å². The third-order valence-electron chi connectivity index (χ3n) is 6.60. The zero-order valence-electron chi connectivity index (χ0n) is 21.3. The normalized spacial score (nSPS) is 14.8. The molecule has 0 aliphatic carbocycles. The van der Waals surface area contributed by atoms with Crippen molar-refractivity contribution in [2.24, 2.45) is 5.92 Å². The summed E-state index contributed by atoms with van der Waals surface area (Å²) >= 11 is 6.36. The molecule has 0 atom stereocenters. The van der Waals surface area contributed by atoms with E-state index in [0.717, 1.165) is 12.8 Å². The van der Waals surface area contributed by atoms with Gasteiger partial charge < -0.3 is 20.1 Å². The average molecular weight is 513 g/mol. The van der Waals surface area contributed by atoms with Gasteiger partial charge in [0.15, 0.2) is 0 Å². The van der Waals surface area contributed by atoms with Crippen LogP contribution in [0.1, 0.15) is 56.9 Å². The first-order valence-corrected chi connectivity index (χ1v) is 12.5. The maximum Gasteiger partial charge on any atom is 0.253 e. The summed E-state index contributed by atoms with van der Waals surface area (Å²) in [6.45, 7) is 8.98. The Morgan fingerprint density at radius 1 is 1.25 bits per heavy atom. The van der Waals surface area contributed by atoms with Gasteiger partial charge in [-0.25, -0.2) is 9.97 Å². The standard InChI is InChI=1S/C26H33ClN6O3/c1-16(2)33-13-10-21(31-33)23-19(27)15-28-25(30-23)29-20-7-6-17(14-22(20)36-5)24(34)32-11-8-18(9-12-32)26(3,4)35/h6-7,10,13-16,18,35H,8-9,11-12H2,1-5H3,(H,28,29,30). The Labute approximate surface area is 216 Å². The lowest BCUT2D eigenvalue weighted by molar-refractivity contribution is -0.0108.